The van der Waals surface area contributed by atoms with Gasteiger partial charge < -0.3 is 15.0 Å². The van der Waals surface area contributed by atoms with E-state index in [1.165, 1.54) is 0 Å². The van der Waals surface area contributed by atoms with Gasteiger partial charge in [0.1, 0.15) is 0 Å². The Labute approximate surface area is 135 Å². The predicted octanol–water partition coefficient (Wildman–Crippen LogP) is 2.27. The van der Waals surface area contributed by atoms with Crippen LogP contribution in [-0.2, 0) is 14.3 Å². The lowest BCUT2D eigenvalue weighted by Crippen LogP contribution is -2.38. The Kier molecular flexibility index (Phi) is 4.57. The van der Waals surface area contributed by atoms with Gasteiger partial charge in [0.05, 0.1) is 6.61 Å². The van der Waals surface area contributed by atoms with Gasteiger partial charge in [0.2, 0.25) is 0 Å². The van der Waals surface area contributed by atoms with Gasteiger partial charge in [-0.25, -0.2) is 0 Å². The number of ether oxygens (including phenoxy) is 1. The van der Waals surface area contributed by atoms with Crippen LogP contribution in [0.25, 0.3) is 10.8 Å². The number of carbonyl (C=O) groups is 2. The molecule has 2 aromatic carbocycles. The van der Waals surface area contributed by atoms with Gasteiger partial charge in [0.25, 0.3) is 0 Å². The lowest BCUT2D eigenvalue weighted by atomic mass is 10.1. The summed E-state index contributed by atoms with van der Waals surface area (Å²) in [4.78, 5) is 26.2. The van der Waals surface area contributed by atoms with Crippen LogP contribution in [-0.4, -0.2) is 43.5 Å². The zero-order valence-corrected chi connectivity index (χ0v) is 13.1. The lowest BCUT2D eigenvalue weighted by Gasteiger charge is -2.16. The highest BCUT2D eigenvalue weighted by Gasteiger charge is 2.30. The number of likely N-dealkylation sites (tertiary alicyclic amines) is 1. The molecule has 0 unspecified atom stereocenters. The van der Waals surface area contributed by atoms with Crippen molar-refractivity contribution in [1.29, 1.82) is 0 Å². The molecule has 1 atom stereocenters. The van der Waals surface area contributed by atoms with Gasteiger partial charge in [0, 0.05) is 37.2 Å². The SMILES string of the molecule is COC[C@@H]1CCN(C(=O)C(=O)Nc2cccc3ccccc23)C1. The van der Waals surface area contributed by atoms with Crippen molar-refractivity contribution in [1.82, 2.24) is 4.90 Å². The summed E-state index contributed by atoms with van der Waals surface area (Å²) < 4.78 is 5.12. The summed E-state index contributed by atoms with van der Waals surface area (Å²) in [7, 11) is 1.65. The fourth-order valence-electron chi connectivity index (χ4n) is 3.04. The van der Waals surface area contributed by atoms with Gasteiger partial charge in [-0.05, 0) is 17.9 Å². The number of methoxy groups -OCH3 is 1. The van der Waals surface area contributed by atoms with Crippen LogP contribution in [0.1, 0.15) is 6.42 Å². The summed E-state index contributed by atoms with van der Waals surface area (Å²) in [5.41, 5.74) is 0.661. The zero-order valence-electron chi connectivity index (χ0n) is 13.1. The van der Waals surface area contributed by atoms with Crippen LogP contribution < -0.4 is 5.32 Å². The summed E-state index contributed by atoms with van der Waals surface area (Å²) in [5, 5.41) is 4.70. The lowest BCUT2D eigenvalue weighted by molar-refractivity contribution is -0.142. The van der Waals surface area contributed by atoms with Gasteiger partial charge in [-0.15, -0.1) is 0 Å². The fraction of sp³-hybridized carbons (Fsp3) is 0.333. The van der Waals surface area contributed by atoms with E-state index in [1.54, 1.807) is 12.0 Å². The Morgan fingerprint density at radius 3 is 2.83 bits per heavy atom. The van der Waals surface area contributed by atoms with Crippen LogP contribution in [0.15, 0.2) is 42.5 Å². The van der Waals surface area contributed by atoms with Crippen LogP contribution >= 0.6 is 0 Å². The largest absolute Gasteiger partial charge is 0.384 e. The molecule has 5 nitrogen and oxygen atoms in total. The third-order valence-corrected chi connectivity index (χ3v) is 4.21. The first-order valence-corrected chi connectivity index (χ1v) is 7.76. The van der Waals surface area contributed by atoms with Crippen LogP contribution in [0.5, 0.6) is 0 Å². The molecule has 1 heterocycles. The standard InChI is InChI=1S/C18H20N2O3/c1-23-12-13-9-10-20(11-13)18(22)17(21)19-16-8-4-6-14-5-2-3-7-15(14)16/h2-8,13H,9-12H2,1H3,(H,19,21)/t13-/m1/s1. The second-order valence-electron chi connectivity index (χ2n) is 5.84. The molecule has 1 aliphatic heterocycles. The molecule has 1 saturated heterocycles. The second-order valence-corrected chi connectivity index (χ2v) is 5.84. The molecule has 1 N–H and O–H groups in total. The van der Waals surface area contributed by atoms with Crippen molar-refractivity contribution < 1.29 is 14.3 Å². The van der Waals surface area contributed by atoms with Crippen molar-refractivity contribution in [2.75, 3.05) is 32.1 Å². The third kappa shape index (κ3) is 3.35. The van der Waals surface area contributed by atoms with Gasteiger partial charge in [-0.3, -0.25) is 9.59 Å². The van der Waals surface area contributed by atoms with E-state index in [4.69, 9.17) is 4.74 Å². The highest BCUT2D eigenvalue weighted by molar-refractivity contribution is 6.40. The molecule has 0 bridgehead atoms. The molecule has 0 saturated carbocycles. The summed E-state index contributed by atoms with van der Waals surface area (Å²) in [5.74, 6) is -0.745. The Balaban J connectivity index is 1.70. The number of anilines is 1. The van der Waals surface area contributed by atoms with Crippen molar-refractivity contribution in [3.05, 3.63) is 42.5 Å². The van der Waals surface area contributed by atoms with E-state index in [0.717, 1.165) is 17.2 Å². The number of hydrogen-bond donors (Lipinski definition) is 1. The molecule has 2 aromatic rings. The van der Waals surface area contributed by atoms with E-state index in [-0.39, 0.29) is 0 Å². The molecule has 0 aromatic heterocycles. The van der Waals surface area contributed by atoms with Gasteiger partial charge >= 0.3 is 11.8 Å². The van der Waals surface area contributed by atoms with E-state index in [1.807, 2.05) is 42.5 Å². The van der Waals surface area contributed by atoms with Crippen molar-refractivity contribution in [2.45, 2.75) is 6.42 Å². The molecule has 23 heavy (non-hydrogen) atoms. The minimum atomic E-state index is -0.584. The van der Waals surface area contributed by atoms with Crippen molar-refractivity contribution in [2.24, 2.45) is 5.92 Å². The number of rotatable bonds is 3. The zero-order chi connectivity index (χ0) is 16.2. The first-order chi connectivity index (χ1) is 11.2. The van der Waals surface area contributed by atoms with E-state index >= 15 is 0 Å². The van der Waals surface area contributed by atoms with E-state index in [9.17, 15) is 9.59 Å². The number of carbonyl (C=O) groups excluding carboxylic acids is 2. The van der Waals surface area contributed by atoms with Crippen LogP contribution in [0.3, 0.4) is 0 Å². The summed E-state index contributed by atoms with van der Waals surface area (Å²) in [6, 6.07) is 13.4. The van der Waals surface area contributed by atoms with E-state index in [2.05, 4.69) is 5.32 Å². The number of amides is 2. The summed E-state index contributed by atoms with van der Waals surface area (Å²) in [6.07, 6.45) is 0.876. The smallest absolute Gasteiger partial charge is 0.313 e. The maximum Gasteiger partial charge on any atom is 0.313 e. The molecule has 2 amide bonds. The van der Waals surface area contributed by atoms with Crippen LogP contribution in [0.2, 0.25) is 0 Å². The molecule has 0 spiro atoms. The molecule has 5 heteroatoms. The Morgan fingerprint density at radius 2 is 2.00 bits per heavy atom. The molecule has 120 valence electrons. The quantitative estimate of drug-likeness (QED) is 0.885. The number of benzene rings is 2. The number of nitrogens with one attached hydrogen (secondary N) is 1. The fourth-order valence-corrected chi connectivity index (χ4v) is 3.04. The third-order valence-electron chi connectivity index (χ3n) is 4.21. The summed E-state index contributed by atoms with van der Waals surface area (Å²) >= 11 is 0. The number of nitrogens with zero attached hydrogens (tertiary/aromatic N) is 1. The van der Waals surface area contributed by atoms with Crippen LogP contribution in [0.4, 0.5) is 5.69 Å². The molecule has 1 aliphatic rings. The highest BCUT2D eigenvalue weighted by atomic mass is 16.5. The topological polar surface area (TPSA) is 58.6 Å². The van der Waals surface area contributed by atoms with E-state index in [0.29, 0.717) is 31.3 Å². The molecular formula is C18H20N2O3. The maximum atomic E-state index is 12.3. The second kappa shape index (κ2) is 6.79. The number of fused-ring (bicyclic) bond motifs is 1. The van der Waals surface area contributed by atoms with Crippen molar-refractivity contribution in [3.8, 4) is 0 Å². The van der Waals surface area contributed by atoms with Gasteiger partial charge in [-0.1, -0.05) is 36.4 Å². The Morgan fingerprint density at radius 1 is 1.22 bits per heavy atom. The monoisotopic (exact) mass is 312 g/mol. The normalized spacial score (nSPS) is 17.4. The highest BCUT2D eigenvalue weighted by Crippen LogP contribution is 2.23. The Bertz CT molecular complexity index is 724. The van der Waals surface area contributed by atoms with Crippen molar-refractivity contribution in [3.63, 3.8) is 0 Å². The van der Waals surface area contributed by atoms with Crippen LogP contribution in [0, 0.1) is 5.92 Å². The molecule has 3 rings (SSSR count). The van der Waals surface area contributed by atoms with Gasteiger partial charge in [0.15, 0.2) is 0 Å². The molecule has 0 aliphatic carbocycles. The predicted molar refractivity (Wildman–Crippen MR) is 89.1 cm³/mol. The summed E-state index contributed by atoms with van der Waals surface area (Å²) in [6.45, 7) is 1.81. The average molecular weight is 312 g/mol. The molecule has 0 radical (unpaired) electrons. The van der Waals surface area contributed by atoms with Crippen molar-refractivity contribution >= 4 is 28.3 Å². The molecular weight excluding hydrogens is 292 g/mol. The number of hydrogen-bond acceptors (Lipinski definition) is 3. The Hall–Kier alpha value is -2.40. The maximum absolute atomic E-state index is 12.3. The minimum Gasteiger partial charge on any atom is -0.384 e. The first-order valence-electron chi connectivity index (χ1n) is 7.76. The van der Waals surface area contributed by atoms with Gasteiger partial charge in [-0.2, -0.15) is 0 Å². The first kappa shape index (κ1) is 15.5. The average Bonchev–Trinajstić information content (AvgIpc) is 3.03. The van der Waals surface area contributed by atoms with E-state index < -0.39 is 11.8 Å². The minimum absolute atomic E-state index is 0.314. The molecule has 1 fully saturated rings.